The van der Waals surface area contributed by atoms with Crippen molar-refractivity contribution in [3.63, 3.8) is 0 Å². The van der Waals surface area contributed by atoms with E-state index >= 15 is 0 Å². The van der Waals surface area contributed by atoms with Crippen molar-refractivity contribution in [2.75, 3.05) is 0 Å². The van der Waals surface area contributed by atoms with E-state index < -0.39 is 0 Å². The first kappa shape index (κ1) is 8.71. The van der Waals surface area contributed by atoms with Crippen molar-refractivity contribution in [3.05, 3.63) is 54.0 Å². The molecule has 0 unspecified atom stereocenters. The van der Waals surface area contributed by atoms with Crippen molar-refractivity contribution in [2.45, 2.75) is 0 Å². The number of benzene rings is 1. The van der Waals surface area contributed by atoms with Crippen LogP contribution in [0.3, 0.4) is 0 Å². The maximum atomic E-state index is 8.65. The molecule has 2 rings (SSSR count). The Kier molecular flexibility index (Phi) is 2.42. The summed E-state index contributed by atoms with van der Waals surface area (Å²) in [5.74, 6) is 2.01. The van der Waals surface area contributed by atoms with Gasteiger partial charge in [-0.3, -0.25) is 0 Å². The van der Waals surface area contributed by atoms with Gasteiger partial charge in [-0.2, -0.15) is 0 Å². The van der Waals surface area contributed by atoms with Crippen molar-refractivity contribution in [3.8, 4) is 17.1 Å². The molecule has 0 aliphatic heterocycles. The van der Waals surface area contributed by atoms with Crippen molar-refractivity contribution in [1.29, 1.82) is 5.26 Å². The van der Waals surface area contributed by atoms with Gasteiger partial charge >= 0.3 is 83.3 Å². The van der Waals surface area contributed by atoms with Crippen LogP contribution in [0.15, 0.2) is 48.4 Å². The summed E-state index contributed by atoms with van der Waals surface area (Å²) in [6.07, 6.45) is 0. The molecule has 1 aromatic heterocycles. The monoisotopic (exact) mass is 177 g/mol. The summed E-state index contributed by atoms with van der Waals surface area (Å²) in [7, 11) is 0. The zero-order chi connectivity index (χ0) is 9.80. The Balaban J connectivity index is 2.40. The predicted octanol–water partition coefficient (Wildman–Crippen LogP) is 2.56. The Morgan fingerprint density at radius 3 is 2.36 bits per heavy atom. The van der Waals surface area contributed by atoms with Crippen molar-refractivity contribution in [2.24, 2.45) is 0 Å². The van der Waals surface area contributed by atoms with E-state index in [-0.39, 0.29) is 0 Å². The molecular formula is C12H8BN. The number of nitrogens with zero attached hydrogens (tertiary/aromatic N) is 1. The molecule has 0 aliphatic carbocycles. The fraction of sp³-hybridized carbons (Fsp3) is 0. The maximum absolute atomic E-state index is 8.65. The van der Waals surface area contributed by atoms with Crippen LogP contribution in [0.2, 0.25) is 0 Å². The summed E-state index contributed by atoms with van der Waals surface area (Å²) in [5.41, 5.74) is 3.02. The topological polar surface area (TPSA) is 23.8 Å². The van der Waals surface area contributed by atoms with E-state index in [0.717, 1.165) is 5.56 Å². The summed E-state index contributed by atoms with van der Waals surface area (Å²) in [6, 6.07) is 15.8. The molecule has 2 heteroatoms. The van der Waals surface area contributed by atoms with E-state index in [4.69, 9.17) is 5.26 Å². The predicted molar refractivity (Wildman–Crippen MR) is 57.9 cm³/mol. The van der Waals surface area contributed by atoms with Gasteiger partial charge in [-0.25, -0.2) is 0 Å². The summed E-state index contributed by atoms with van der Waals surface area (Å²) in [6.45, 7) is 2.06. The Morgan fingerprint density at radius 2 is 1.79 bits per heavy atom. The second-order valence-electron chi connectivity index (χ2n) is 3.06. The van der Waals surface area contributed by atoms with Gasteiger partial charge in [-0.15, -0.1) is 0 Å². The Bertz CT molecular complexity index is 454. The number of rotatable bonds is 1. The van der Waals surface area contributed by atoms with Crippen LogP contribution in [0.1, 0.15) is 5.56 Å². The average molecular weight is 177 g/mol. The van der Waals surface area contributed by atoms with Gasteiger partial charge in [-0.05, 0) is 0 Å². The van der Waals surface area contributed by atoms with Crippen LogP contribution in [0.5, 0.6) is 0 Å². The molecule has 1 heterocycles. The molecule has 0 amide bonds. The fourth-order valence-electron chi connectivity index (χ4n) is 1.37. The van der Waals surface area contributed by atoms with Crippen molar-refractivity contribution >= 4 is 6.91 Å². The fourth-order valence-corrected chi connectivity index (χ4v) is 1.37. The molecule has 0 bridgehead atoms. The minimum absolute atomic E-state index is 0.699. The first-order valence-electron chi connectivity index (χ1n) is 4.46. The minimum atomic E-state index is 0.699. The molecule has 0 aliphatic rings. The van der Waals surface area contributed by atoms with E-state index in [1.54, 1.807) is 0 Å². The van der Waals surface area contributed by atoms with Crippen LogP contribution < -0.4 is 0 Å². The third-order valence-electron chi connectivity index (χ3n) is 2.12. The van der Waals surface area contributed by atoms with E-state index in [0.29, 0.717) is 5.56 Å². The zero-order valence-corrected chi connectivity index (χ0v) is 7.64. The summed E-state index contributed by atoms with van der Waals surface area (Å²) < 4.78 is 0. The number of nitriles is 1. The number of hydrogen-bond acceptors (Lipinski definition) is 1. The SMILES string of the molecule is N#Cc1ccc(-c2bcccc2)cc1. The second-order valence-corrected chi connectivity index (χ2v) is 3.06. The molecule has 0 radical (unpaired) electrons. The average Bonchev–Trinajstić information content (AvgIpc) is 2.30. The normalized spacial score (nSPS) is 9.07. The van der Waals surface area contributed by atoms with Gasteiger partial charge in [0, 0.05) is 0 Å². The van der Waals surface area contributed by atoms with Gasteiger partial charge in [0.25, 0.3) is 0 Å². The van der Waals surface area contributed by atoms with Gasteiger partial charge in [0.1, 0.15) is 0 Å². The molecule has 0 N–H and O–H groups in total. The molecule has 2 aromatic rings. The summed E-state index contributed by atoms with van der Waals surface area (Å²) >= 11 is 0. The molecule has 0 fully saturated rings. The molecular weight excluding hydrogens is 169 g/mol. The Labute approximate surface area is 83.8 Å². The molecule has 0 saturated carbocycles. The third-order valence-corrected chi connectivity index (χ3v) is 2.12. The summed E-state index contributed by atoms with van der Waals surface area (Å²) in [5, 5.41) is 8.65. The number of hydrogen-bond donors (Lipinski definition) is 0. The van der Waals surface area contributed by atoms with Gasteiger partial charge in [0.2, 0.25) is 0 Å². The molecule has 1 aromatic carbocycles. The summed E-state index contributed by atoms with van der Waals surface area (Å²) in [4.78, 5) is 0. The quantitative estimate of drug-likeness (QED) is 0.656. The molecule has 14 heavy (non-hydrogen) atoms. The molecule has 0 spiro atoms. The van der Waals surface area contributed by atoms with E-state index in [1.165, 1.54) is 5.46 Å². The van der Waals surface area contributed by atoms with E-state index in [1.807, 2.05) is 42.4 Å². The van der Waals surface area contributed by atoms with Crippen molar-refractivity contribution < 1.29 is 0 Å². The van der Waals surface area contributed by atoms with Crippen LogP contribution in [-0.4, -0.2) is 6.91 Å². The van der Waals surface area contributed by atoms with Crippen LogP contribution in [0.4, 0.5) is 0 Å². The standard InChI is InChI=1S/C12H8BN/c14-9-10-4-6-11(7-5-10)12-3-1-2-8-13-12/h1-8H. The van der Waals surface area contributed by atoms with Gasteiger partial charge < -0.3 is 0 Å². The van der Waals surface area contributed by atoms with Gasteiger partial charge in [0.05, 0.1) is 0 Å². The van der Waals surface area contributed by atoms with E-state index in [2.05, 4.69) is 19.0 Å². The molecule has 1 nitrogen and oxygen atoms in total. The first-order chi connectivity index (χ1) is 6.90. The molecule has 64 valence electrons. The first-order valence-corrected chi connectivity index (χ1v) is 4.46. The third kappa shape index (κ3) is 1.72. The Morgan fingerprint density at radius 1 is 1.00 bits per heavy atom. The Hall–Kier alpha value is -1.88. The van der Waals surface area contributed by atoms with Crippen LogP contribution in [0, 0.1) is 11.3 Å². The van der Waals surface area contributed by atoms with Gasteiger partial charge in [0.15, 0.2) is 0 Å². The molecule has 0 saturated heterocycles. The molecule has 0 atom stereocenters. The van der Waals surface area contributed by atoms with Crippen LogP contribution in [0.25, 0.3) is 11.0 Å². The van der Waals surface area contributed by atoms with Gasteiger partial charge in [-0.1, -0.05) is 0 Å². The van der Waals surface area contributed by atoms with Crippen LogP contribution in [-0.2, 0) is 0 Å². The van der Waals surface area contributed by atoms with Crippen LogP contribution >= 0.6 is 0 Å². The van der Waals surface area contributed by atoms with Crippen molar-refractivity contribution in [1.82, 2.24) is 0 Å². The zero-order valence-electron chi connectivity index (χ0n) is 7.64. The second kappa shape index (κ2) is 3.89. The van der Waals surface area contributed by atoms with E-state index in [9.17, 15) is 0 Å².